The minimum atomic E-state index is -0.561. The van der Waals surface area contributed by atoms with Crippen LogP contribution < -0.4 is 11.1 Å². The molecule has 1 atom stereocenters. The van der Waals surface area contributed by atoms with E-state index in [9.17, 15) is 14.4 Å². The summed E-state index contributed by atoms with van der Waals surface area (Å²) in [5.74, 6) is -1.07. The number of carbonyl (C=O) groups is 3. The van der Waals surface area contributed by atoms with E-state index in [1.54, 1.807) is 12.1 Å². The maximum absolute atomic E-state index is 12.3. The van der Waals surface area contributed by atoms with Crippen LogP contribution in [0.5, 0.6) is 0 Å². The fourth-order valence-corrected chi connectivity index (χ4v) is 5.30. The Labute approximate surface area is 171 Å². The van der Waals surface area contributed by atoms with Gasteiger partial charge in [0.1, 0.15) is 5.00 Å². The van der Waals surface area contributed by atoms with Crippen molar-refractivity contribution in [1.82, 2.24) is 0 Å². The maximum Gasteiger partial charge on any atom is 0.339 e. The molecule has 148 valence electrons. The number of nitrogens with two attached hydrogens (primary N) is 1. The molecule has 1 aromatic carbocycles. The predicted molar refractivity (Wildman–Crippen MR) is 111 cm³/mol. The molecule has 6 nitrogen and oxygen atoms in total. The molecule has 0 saturated carbocycles. The van der Waals surface area contributed by atoms with Gasteiger partial charge in [-0.15, -0.1) is 23.1 Å². The number of ether oxygens (including phenoxy) is 1. The van der Waals surface area contributed by atoms with Crippen LogP contribution in [0.3, 0.4) is 0 Å². The molecule has 2 amide bonds. The third-order valence-corrected chi connectivity index (χ3v) is 6.64. The number of amides is 2. The van der Waals surface area contributed by atoms with Crippen LogP contribution in [0.1, 0.15) is 44.5 Å². The number of thioether (sulfide) groups is 1. The van der Waals surface area contributed by atoms with E-state index in [-0.39, 0.29) is 0 Å². The van der Waals surface area contributed by atoms with Gasteiger partial charge < -0.3 is 15.8 Å². The van der Waals surface area contributed by atoms with Gasteiger partial charge in [-0.3, -0.25) is 9.59 Å². The zero-order chi connectivity index (χ0) is 20.3. The number of nitrogens with one attached hydrogen (secondary N) is 1. The fraction of sp³-hybridized carbons (Fsp3) is 0.350. The minimum Gasteiger partial charge on any atom is -0.452 e. The first-order valence-electron chi connectivity index (χ1n) is 8.95. The van der Waals surface area contributed by atoms with Gasteiger partial charge in [0.05, 0.1) is 11.1 Å². The van der Waals surface area contributed by atoms with Crippen LogP contribution in [0.2, 0.25) is 0 Å². The molecule has 3 rings (SSSR count). The zero-order valence-electron chi connectivity index (χ0n) is 15.7. The van der Waals surface area contributed by atoms with E-state index in [2.05, 4.69) is 12.2 Å². The first kappa shape index (κ1) is 20.4. The van der Waals surface area contributed by atoms with E-state index >= 15 is 0 Å². The smallest absolute Gasteiger partial charge is 0.339 e. The number of benzene rings is 1. The summed E-state index contributed by atoms with van der Waals surface area (Å²) in [4.78, 5) is 38.4. The predicted octanol–water partition coefficient (Wildman–Crippen LogP) is 3.49. The molecular weight excluding hydrogens is 396 g/mol. The SMILES string of the molecule is CSc1ccccc1C(=O)OCC(=O)Nc1sc2c(c1C(N)=O)CC[C@H](C)C2. The second kappa shape index (κ2) is 8.79. The highest BCUT2D eigenvalue weighted by atomic mass is 32.2. The van der Waals surface area contributed by atoms with Gasteiger partial charge in [0.25, 0.3) is 11.8 Å². The Hall–Kier alpha value is -2.32. The lowest BCUT2D eigenvalue weighted by Crippen LogP contribution is -2.23. The molecular formula is C20H22N2O4S2. The summed E-state index contributed by atoms with van der Waals surface area (Å²) < 4.78 is 5.15. The van der Waals surface area contributed by atoms with Gasteiger partial charge in [-0.05, 0) is 49.1 Å². The Morgan fingerprint density at radius 1 is 1.32 bits per heavy atom. The van der Waals surface area contributed by atoms with Gasteiger partial charge in [0.2, 0.25) is 0 Å². The van der Waals surface area contributed by atoms with Crippen molar-refractivity contribution in [2.45, 2.75) is 31.1 Å². The summed E-state index contributed by atoms with van der Waals surface area (Å²) in [5, 5.41) is 3.14. The number of fused-ring (bicyclic) bond motifs is 1. The van der Waals surface area contributed by atoms with Crippen LogP contribution in [-0.2, 0) is 22.4 Å². The Morgan fingerprint density at radius 3 is 2.79 bits per heavy atom. The average Bonchev–Trinajstić information content (AvgIpc) is 3.02. The second-order valence-electron chi connectivity index (χ2n) is 6.74. The van der Waals surface area contributed by atoms with E-state index < -0.39 is 24.4 Å². The molecule has 8 heteroatoms. The van der Waals surface area contributed by atoms with E-state index in [1.165, 1.54) is 23.1 Å². The van der Waals surface area contributed by atoms with Crippen LogP contribution in [0, 0.1) is 5.92 Å². The molecule has 1 aliphatic rings. The number of carbonyl (C=O) groups excluding carboxylic acids is 3. The molecule has 2 aromatic rings. The summed E-state index contributed by atoms with van der Waals surface area (Å²) in [6, 6.07) is 7.05. The Bertz CT molecular complexity index is 923. The van der Waals surface area contributed by atoms with Gasteiger partial charge >= 0.3 is 5.97 Å². The van der Waals surface area contributed by atoms with Crippen LogP contribution >= 0.6 is 23.1 Å². The largest absolute Gasteiger partial charge is 0.452 e. The highest BCUT2D eigenvalue weighted by Crippen LogP contribution is 2.39. The number of hydrogen-bond donors (Lipinski definition) is 2. The van der Waals surface area contributed by atoms with Crippen LogP contribution in [0.25, 0.3) is 0 Å². The van der Waals surface area contributed by atoms with E-state index in [0.717, 1.165) is 34.6 Å². The van der Waals surface area contributed by atoms with E-state index in [0.29, 0.717) is 22.0 Å². The van der Waals surface area contributed by atoms with Crippen molar-refractivity contribution in [3.63, 3.8) is 0 Å². The zero-order valence-corrected chi connectivity index (χ0v) is 17.4. The Morgan fingerprint density at radius 2 is 2.07 bits per heavy atom. The molecule has 0 aliphatic heterocycles. The lowest BCUT2D eigenvalue weighted by atomic mass is 9.88. The molecule has 0 saturated heterocycles. The van der Waals surface area contributed by atoms with E-state index in [1.807, 2.05) is 18.4 Å². The summed E-state index contributed by atoms with van der Waals surface area (Å²) in [6.45, 7) is 1.73. The Kier molecular flexibility index (Phi) is 6.41. The monoisotopic (exact) mass is 418 g/mol. The summed E-state index contributed by atoms with van der Waals surface area (Å²) in [7, 11) is 0. The topological polar surface area (TPSA) is 98.5 Å². The number of esters is 1. The normalized spacial score (nSPS) is 15.6. The molecule has 0 bridgehead atoms. The summed E-state index contributed by atoms with van der Waals surface area (Å²) in [5.41, 5.74) is 7.30. The molecule has 0 spiro atoms. The molecule has 0 radical (unpaired) electrons. The first-order valence-corrected chi connectivity index (χ1v) is 11.0. The van der Waals surface area contributed by atoms with Crippen molar-refractivity contribution in [2.75, 3.05) is 18.2 Å². The molecule has 0 unspecified atom stereocenters. The second-order valence-corrected chi connectivity index (χ2v) is 8.70. The molecule has 1 aromatic heterocycles. The summed E-state index contributed by atoms with van der Waals surface area (Å²) in [6.07, 6.45) is 4.51. The van der Waals surface area contributed by atoms with Gasteiger partial charge in [-0.2, -0.15) is 0 Å². The van der Waals surface area contributed by atoms with Crippen molar-refractivity contribution < 1.29 is 19.1 Å². The lowest BCUT2D eigenvalue weighted by Gasteiger charge is -2.18. The number of rotatable bonds is 6. The van der Waals surface area contributed by atoms with Crippen LogP contribution in [-0.4, -0.2) is 30.6 Å². The summed E-state index contributed by atoms with van der Waals surface area (Å²) >= 11 is 2.81. The molecule has 1 aliphatic carbocycles. The van der Waals surface area contributed by atoms with Crippen molar-refractivity contribution in [3.8, 4) is 0 Å². The number of thiophene rings is 1. The van der Waals surface area contributed by atoms with Gasteiger partial charge in [0, 0.05) is 9.77 Å². The number of primary amides is 1. The first-order chi connectivity index (χ1) is 13.4. The quantitative estimate of drug-likeness (QED) is 0.553. The van der Waals surface area contributed by atoms with Crippen LogP contribution in [0.4, 0.5) is 5.00 Å². The average molecular weight is 419 g/mol. The van der Waals surface area contributed by atoms with E-state index in [4.69, 9.17) is 10.5 Å². The van der Waals surface area contributed by atoms with Crippen molar-refractivity contribution in [1.29, 1.82) is 0 Å². The number of anilines is 1. The fourth-order valence-electron chi connectivity index (χ4n) is 3.28. The Balaban J connectivity index is 1.68. The molecule has 1 heterocycles. The van der Waals surface area contributed by atoms with Crippen molar-refractivity contribution in [2.24, 2.45) is 11.7 Å². The third-order valence-electron chi connectivity index (χ3n) is 4.67. The van der Waals surface area contributed by atoms with Crippen molar-refractivity contribution in [3.05, 3.63) is 45.8 Å². The highest BCUT2D eigenvalue weighted by molar-refractivity contribution is 7.98. The lowest BCUT2D eigenvalue weighted by molar-refractivity contribution is -0.119. The van der Waals surface area contributed by atoms with Gasteiger partial charge in [-0.25, -0.2) is 4.79 Å². The standard InChI is InChI=1S/C20H22N2O4S2/c1-11-7-8-12-15(9-11)28-19(17(12)18(21)24)22-16(23)10-26-20(25)13-5-3-4-6-14(13)27-2/h3-6,11H,7-10H2,1-2H3,(H2,21,24)(H,22,23)/t11-/m0/s1. The number of hydrogen-bond acceptors (Lipinski definition) is 6. The van der Waals surface area contributed by atoms with Crippen LogP contribution in [0.15, 0.2) is 29.2 Å². The molecule has 3 N–H and O–H groups in total. The highest BCUT2D eigenvalue weighted by Gasteiger charge is 2.27. The van der Waals surface area contributed by atoms with Crippen molar-refractivity contribution >= 4 is 45.9 Å². The van der Waals surface area contributed by atoms with Gasteiger partial charge in [-0.1, -0.05) is 19.1 Å². The molecule has 0 fully saturated rings. The van der Waals surface area contributed by atoms with Gasteiger partial charge in [0.15, 0.2) is 6.61 Å². The maximum atomic E-state index is 12.3. The molecule has 28 heavy (non-hydrogen) atoms. The minimum absolute atomic E-state index is 0.388. The third kappa shape index (κ3) is 4.39.